The van der Waals surface area contributed by atoms with Gasteiger partial charge < -0.3 is 5.32 Å². The molecule has 0 fully saturated rings. The normalized spacial score (nSPS) is 10.9. The van der Waals surface area contributed by atoms with E-state index in [1.807, 2.05) is 17.5 Å². The Balaban J connectivity index is 1.69. The van der Waals surface area contributed by atoms with Crippen molar-refractivity contribution in [3.63, 3.8) is 0 Å². The SMILES string of the molecule is Cc1ccc(CNCCc2ncc(C)s2)s1. The maximum atomic E-state index is 4.35. The molecule has 0 aliphatic rings. The molecule has 0 aliphatic heterocycles. The van der Waals surface area contributed by atoms with Crippen LogP contribution in [0.25, 0.3) is 0 Å². The largest absolute Gasteiger partial charge is 0.311 e. The van der Waals surface area contributed by atoms with Gasteiger partial charge in [0.25, 0.3) is 0 Å². The molecular formula is C12H16N2S2. The molecule has 0 bridgehead atoms. The van der Waals surface area contributed by atoms with Gasteiger partial charge in [0.05, 0.1) is 5.01 Å². The fraction of sp³-hybridized carbons (Fsp3) is 0.417. The molecular weight excluding hydrogens is 236 g/mol. The predicted molar refractivity (Wildman–Crippen MR) is 71.3 cm³/mol. The number of nitrogens with one attached hydrogen (secondary N) is 1. The van der Waals surface area contributed by atoms with E-state index in [0.717, 1.165) is 19.5 Å². The molecule has 2 heterocycles. The second-order valence-corrected chi connectivity index (χ2v) is 6.50. The molecule has 0 unspecified atom stereocenters. The molecule has 0 saturated heterocycles. The first-order valence-electron chi connectivity index (χ1n) is 5.41. The van der Waals surface area contributed by atoms with Gasteiger partial charge in [0.1, 0.15) is 0 Å². The predicted octanol–water partition coefficient (Wildman–Crippen LogP) is 3.15. The zero-order valence-electron chi connectivity index (χ0n) is 9.62. The lowest BCUT2D eigenvalue weighted by atomic mass is 10.4. The molecule has 0 aliphatic carbocycles. The van der Waals surface area contributed by atoms with Crippen molar-refractivity contribution in [2.24, 2.45) is 0 Å². The molecule has 0 aromatic carbocycles. The van der Waals surface area contributed by atoms with E-state index in [-0.39, 0.29) is 0 Å². The second kappa shape index (κ2) is 5.57. The Morgan fingerprint density at radius 1 is 1.19 bits per heavy atom. The van der Waals surface area contributed by atoms with Gasteiger partial charge in [0.2, 0.25) is 0 Å². The Kier molecular flexibility index (Phi) is 4.09. The maximum Gasteiger partial charge on any atom is 0.0940 e. The highest BCUT2D eigenvalue weighted by molar-refractivity contribution is 7.12. The van der Waals surface area contributed by atoms with E-state index in [9.17, 15) is 0 Å². The van der Waals surface area contributed by atoms with E-state index in [1.54, 1.807) is 11.3 Å². The lowest BCUT2D eigenvalue weighted by Gasteiger charge is -2.00. The van der Waals surface area contributed by atoms with Gasteiger partial charge in [-0.1, -0.05) is 0 Å². The number of aryl methyl sites for hydroxylation is 2. The number of hydrogen-bond acceptors (Lipinski definition) is 4. The van der Waals surface area contributed by atoms with Crippen molar-refractivity contribution < 1.29 is 0 Å². The highest BCUT2D eigenvalue weighted by atomic mass is 32.1. The summed E-state index contributed by atoms with van der Waals surface area (Å²) in [4.78, 5) is 8.43. The number of rotatable bonds is 5. The summed E-state index contributed by atoms with van der Waals surface area (Å²) in [6.07, 6.45) is 2.98. The molecule has 2 nitrogen and oxygen atoms in total. The topological polar surface area (TPSA) is 24.9 Å². The molecule has 2 aromatic rings. The summed E-state index contributed by atoms with van der Waals surface area (Å²) >= 11 is 3.65. The van der Waals surface area contributed by atoms with Crippen molar-refractivity contribution >= 4 is 22.7 Å². The van der Waals surface area contributed by atoms with Crippen LogP contribution < -0.4 is 5.32 Å². The van der Waals surface area contributed by atoms with Crippen molar-refractivity contribution in [2.45, 2.75) is 26.8 Å². The number of aromatic nitrogens is 1. The highest BCUT2D eigenvalue weighted by Crippen LogP contribution is 2.14. The van der Waals surface area contributed by atoms with E-state index >= 15 is 0 Å². The minimum Gasteiger partial charge on any atom is -0.311 e. The van der Waals surface area contributed by atoms with Crippen LogP contribution in [0.4, 0.5) is 0 Å². The van der Waals surface area contributed by atoms with Crippen LogP contribution in [-0.4, -0.2) is 11.5 Å². The van der Waals surface area contributed by atoms with Crippen molar-refractivity contribution in [2.75, 3.05) is 6.54 Å². The zero-order valence-corrected chi connectivity index (χ0v) is 11.3. The lowest BCUT2D eigenvalue weighted by molar-refractivity contribution is 0.692. The first kappa shape index (κ1) is 11.8. The number of hydrogen-bond donors (Lipinski definition) is 1. The van der Waals surface area contributed by atoms with Crippen LogP contribution in [0.15, 0.2) is 18.3 Å². The lowest BCUT2D eigenvalue weighted by Crippen LogP contribution is -2.15. The van der Waals surface area contributed by atoms with E-state index in [2.05, 4.69) is 36.3 Å². The molecule has 0 saturated carbocycles. The minimum absolute atomic E-state index is 0.975. The van der Waals surface area contributed by atoms with E-state index in [4.69, 9.17) is 0 Å². The van der Waals surface area contributed by atoms with E-state index < -0.39 is 0 Å². The molecule has 2 aromatic heterocycles. The second-order valence-electron chi connectivity index (χ2n) is 3.80. The minimum atomic E-state index is 0.975. The number of thiophene rings is 1. The van der Waals surface area contributed by atoms with E-state index in [0.29, 0.717) is 0 Å². The monoisotopic (exact) mass is 252 g/mol. The molecule has 0 atom stereocenters. The van der Waals surface area contributed by atoms with Crippen molar-refractivity contribution in [1.82, 2.24) is 10.3 Å². The third-order valence-electron chi connectivity index (χ3n) is 2.28. The quantitative estimate of drug-likeness (QED) is 0.827. The molecule has 0 spiro atoms. The maximum absolute atomic E-state index is 4.35. The van der Waals surface area contributed by atoms with Crippen LogP contribution in [0.3, 0.4) is 0 Å². The highest BCUT2D eigenvalue weighted by Gasteiger charge is 1.99. The van der Waals surface area contributed by atoms with Gasteiger partial charge in [-0.05, 0) is 26.0 Å². The molecule has 16 heavy (non-hydrogen) atoms. The summed E-state index contributed by atoms with van der Waals surface area (Å²) < 4.78 is 0. The molecule has 1 N–H and O–H groups in total. The summed E-state index contributed by atoms with van der Waals surface area (Å²) in [7, 11) is 0. The average molecular weight is 252 g/mol. The Morgan fingerprint density at radius 2 is 2.06 bits per heavy atom. The van der Waals surface area contributed by atoms with Crippen LogP contribution in [-0.2, 0) is 13.0 Å². The Hall–Kier alpha value is -0.710. The van der Waals surface area contributed by atoms with Gasteiger partial charge >= 0.3 is 0 Å². The van der Waals surface area contributed by atoms with Crippen molar-refractivity contribution in [1.29, 1.82) is 0 Å². The summed E-state index contributed by atoms with van der Waals surface area (Å²) in [6, 6.07) is 4.37. The van der Waals surface area contributed by atoms with Gasteiger partial charge in [-0.15, -0.1) is 22.7 Å². The third-order valence-corrected chi connectivity index (χ3v) is 4.25. The summed E-state index contributed by atoms with van der Waals surface area (Å²) in [5.74, 6) is 0. The first-order chi connectivity index (χ1) is 7.74. The van der Waals surface area contributed by atoms with Gasteiger partial charge in [0.15, 0.2) is 0 Å². The van der Waals surface area contributed by atoms with Gasteiger partial charge in [-0.25, -0.2) is 4.98 Å². The molecule has 0 radical (unpaired) electrons. The summed E-state index contributed by atoms with van der Waals surface area (Å²) in [5.41, 5.74) is 0. The fourth-order valence-corrected chi connectivity index (χ4v) is 3.15. The third kappa shape index (κ3) is 3.40. The zero-order chi connectivity index (χ0) is 11.4. The van der Waals surface area contributed by atoms with Crippen LogP contribution in [0.2, 0.25) is 0 Å². The van der Waals surface area contributed by atoms with Crippen LogP contribution in [0, 0.1) is 13.8 Å². The standard InChI is InChI=1S/C12H16N2S2/c1-9-3-4-11(15-9)8-13-6-5-12-14-7-10(2)16-12/h3-4,7,13H,5-6,8H2,1-2H3. The van der Waals surface area contributed by atoms with Gasteiger partial charge in [-0.2, -0.15) is 0 Å². The molecule has 0 amide bonds. The molecule has 86 valence electrons. The number of thiazole rings is 1. The van der Waals surface area contributed by atoms with E-state index in [1.165, 1.54) is 19.6 Å². The van der Waals surface area contributed by atoms with Crippen LogP contribution in [0.1, 0.15) is 19.6 Å². The van der Waals surface area contributed by atoms with Gasteiger partial charge in [0, 0.05) is 40.3 Å². The first-order valence-corrected chi connectivity index (χ1v) is 7.04. The molecule has 4 heteroatoms. The van der Waals surface area contributed by atoms with Gasteiger partial charge in [-0.3, -0.25) is 0 Å². The Morgan fingerprint density at radius 3 is 2.69 bits per heavy atom. The van der Waals surface area contributed by atoms with Crippen LogP contribution >= 0.6 is 22.7 Å². The van der Waals surface area contributed by atoms with Crippen LogP contribution in [0.5, 0.6) is 0 Å². The summed E-state index contributed by atoms with van der Waals surface area (Å²) in [6.45, 7) is 6.22. The smallest absolute Gasteiger partial charge is 0.0940 e. The average Bonchev–Trinajstić information content (AvgIpc) is 2.83. The Labute approximate surface area is 104 Å². The number of nitrogens with zero attached hydrogens (tertiary/aromatic N) is 1. The van der Waals surface area contributed by atoms with Crippen molar-refractivity contribution in [3.05, 3.63) is 38.0 Å². The Bertz CT molecular complexity index is 403. The van der Waals surface area contributed by atoms with Crippen molar-refractivity contribution in [3.8, 4) is 0 Å². The summed E-state index contributed by atoms with van der Waals surface area (Å²) in [5, 5.41) is 4.68. The molecule has 2 rings (SSSR count). The fourth-order valence-electron chi connectivity index (χ4n) is 1.50.